The summed E-state index contributed by atoms with van der Waals surface area (Å²) in [5.74, 6) is -1.18. The molecule has 1 aliphatic carbocycles. The fourth-order valence-corrected chi connectivity index (χ4v) is 5.71. The van der Waals surface area contributed by atoms with E-state index >= 15 is 0 Å². The first-order valence-corrected chi connectivity index (χ1v) is 11.9. The highest BCUT2D eigenvalue weighted by molar-refractivity contribution is 5.87. The maximum atomic E-state index is 13.8. The molecule has 2 amide bonds. The van der Waals surface area contributed by atoms with Crippen molar-refractivity contribution >= 4 is 11.8 Å². The summed E-state index contributed by atoms with van der Waals surface area (Å²) >= 11 is 0. The zero-order valence-corrected chi connectivity index (χ0v) is 19.9. The third-order valence-corrected chi connectivity index (χ3v) is 7.34. The van der Waals surface area contributed by atoms with Crippen LogP contribution in [-0.4, -0.2) is 58.5 Å². The van der Waals surface area contributed by atoms with Gasteiger partial charge in [-0.25, -0.2) is 0 Å². The van der Waals surface area contributed by atoms with Gasteiger partial charge in [0.1, 0.15) is 6.04 Å². The zero-order valence-electron chi connectivity index (χ0n) is 19.9. The molecule has 0 saturated carbocycles. The summed E-state index contributed by atoms with van der Waals surface area (Å²) in [7, 11) is 1.54. The van der Waals surface area contributed by atoms with Crippen molar-refractivity contribution in [2.24, 2.45) is 0 Å². The number of ether oxygens (including phenoxy) is 2. The van der Waals surface area contributed by atoms with E-state index in [2.05, 4.69) is 5.32 Å². The smallest absolute Gasteiger partial charge is 0.245 e. The van der Waals surface area contributed by atoms with Gasteiger partial charge in [-0.3, -0.25) is 9.59 Å². The molecule has 3 N–H and O–H groups in total. The van der Waals surface area contributed by atoms with Gasteiger partial charge in [-0.05, 0) is 23.6 Å². The van der Waals surface area contributed by atoms with Crippen LogP contribution in [0.1, 0.15) is 36.5 Å². The molecule has 5 rings (SSSR count). The molecular weight excluding hydrogens is 448 g/mol. The van der Waals surface area contributed by atoms with Gasteiger partial charge in [0.15, 0.2) is 11.5 Å². The van der Waals surface area contributed by atoms with Crippen molar-refractivity contribution in [3.8, 4) is 11.5 Å². The lowest BCUT2D eigenvalue weighted by atomic mass is 9.67. The number of rotatable bonds is 5. The number of benzene rings is 2. The molecule has 184 valence electrons. The molecule has 0 saturated heterocycles. The quantitative estimate of drug-likeness (QED) is 0.566. The second-order valence-corrected chi connectivity index (χ2v) is 9.57. The van der Waals surface area contributed by atoms with Crippen molar-refractivity contribution in [2.45, 2.75) is 56.1 Å². The predicted octanol–water partition coefficient (Wildman–Crippen LogP) is 1.81. The molecule has 4 atom stereocenters. The Morgan fingerprint density at radius 2 is 2.03 bits per heavy atom. The Morgan fingerprint density at radius 3 is 2.74 bits per heavy atom. The molecule has 8 nitrogen and oxygen atoms in total. The van der Waals surface area contributed by atoms with E-state index in [1.54, 1.807) is 24.2 Å². The van der Waals surface area contributed by atoms with Crippen LogP contribution in [0.2, 0.25) is 0 Å². The minimum absolute atomic E-state index is 0.0112. The number of hydrogen-bond donors (Lipinski definition) is 3. The number of nitrogens with zero attached hydrogens (tertiary/aromatic N) is 1. The van der Waals surface area contributed by atoms with Gasteiger partial charge in [-0.15, -0.1) is 0 Å². The van der Waals surface area contributed by atoms with Gasteiger partial charge in [0.2, 0.25) is 17.6 Å². The molecule has 2 heterocycles. The third kappa shape index (κ3) is 3.86. The summed E-state index contributed by atoms with van der Waals surface area (Å²) in [5.41, 5.74) is 1.65. The summed E-state index contributed by atoms with van der Waals surface area (Å²) in [6.45, 7) is 2.05. The Bertz CT molecular complexity index is 1180. The Balaban J connectivity index is 1.53. The van der Waals surface area contributed by atoms with E-state index in [0.29, 0.717) is 37.4 Å². The Labute approximate surface area is 204 Å². The van der Waals surface area contributed by atoms with Gasteiger partial charge in [0.05, 0.1) is 18.6 Å². The molecule has 2 aromatic rings. The molecule has 0 radical (unpaired) electrons. The molecule has 2 aromatic carbocycles. The number of amides is 2. The molecule has 0 fully saturated rings. The van der Waals surface area contributed by atoms with Gasteiger partial charge in [-0.1, -0.05) is 48.6 Å². The van der Waals surface area contributed by atoms with Gasteiger partial charge in [-0.2, -0.15) is 0 Å². The molecule has 2 aliphatic heterocycles. The van der Waals surface area contributed by atoms with Crippen molar-refractivity contribution in [1.29, 1.82) is 0 Å². The maximum absolute atomic E-state index is 13.8. The minimum atomic E-state index is -1.66. The van der Waals surface area contributed by atoms with E-state index in [1.165, 1.54) is 6.92 Å². The summed E-state index contributed by atoms with van der Waals surface area (Å²) in [5, 5.41) is 24.7. The number of methoxy groups -OCH3 is 1. The molecule has 0 bridgehead atoms. The Morgan fingerprint density at radius 1 is 1.26 bits per heavy atom. The Kier molecular flexibility index (Phi) is 5.81. The lowest BCUT2D eigenvalue weighted by Crippen LogP contribution is -2.55. The van der Waals surface area contributed by atoms with Gasteiger partial charge < -0.3 is 29.9 Å². The largest absolute Gasteiger partial charge is 0.493 e. The van der Waals surface area contributed by atoms with Crippen molar-refractivity contribution < 1.29 is 29.3 Å². The number of carbonyl (C=O) groups excluding carboxylic acids is 2. The first kappa shape index (κ1) is 23.4. The van der Waals surface area contributed by atoms with Crippen LogP contribution in [0.4, 0.5) is 0 Å². The van der Waals surface area contributed by atoms with Crippen molar-refractivity contribution in [3.63, 3.8) is 0 Å². The van der Waals surface area contributed by atoms with Crippen LogP contribution in [0.5, 0.6) is 11.5 Å². The van der Waals surface area contributed by atoms with E-state index in [-0.39, 0.29) is 18.2 Å². The molecular formula is C27H30N2O6. The molecule has 0 aromatic heterocycles. The van der Waals surface area contributed by atoms with Gasteiger partial charge in [0.25, 0.3) is 0 Å². The molecule has 35 heavy (non-hydrogen) atoms. The third-order valence-electron chi connectivity index (χ3n) is 7.34. The van der Waals surface area contributed by atoms with E-state index < -0.39 is 23.3 Å². The highest BCUT2D eigenvalue weighted by atomic mass is 16.6. The summed E-state index contributed by atoms with van der Waals surface area (Å²) in [4.78, 5) is 27.4. The van der Waals surface area contributed by atoms with Crippen LogP contribution in [0, 0.1) is 0 Å². The number of nitrogens with one attached hydrogen (secondary N) is 1. The fourth-order valence-electron chi connectivity index (χ4n) is 5.71. The average molecular weight is 479 g/mol. The van der Waals surface area contributed by atoms with Crippen molar-refractivity contribution in [1.82, 2.24) is 10.2 Å². The summed E-state index contributed by atoms with van der Waals surface area (Å²) in [6.07, 6.45) is 3.44. The second kappa shape index (κ2) is 8.70. The lowest BCUT2D eigenvalue weighted by Gasteiger charge is -2.42. The lowest BCUT2D eigenvalue weighted by molar-refractivity contribution is -0.185. The van der Waals surface area contributed by atoms with Crippen LogP contribution in [0.3, 0.4) is 0 Å². The first-order chi connectivity index (χ1) is 16.8. The van der Waals surface area contributed by atoms with Gasteiger partial charge in [0, 0.05) is 38.4 Å². The normalized spacial score (nSPS) is 27.2. The molecule has 8 heteroatoms. The van der Waals surface area contributed by atoms with Crippen molar-refractivity contribution in [2.75, 3.05) is 13.7 Å². The van der Waals surface area contributed by atoms with Crippen LogP contribution < -0.4 is 14.8 Å². The maximum Gasteiger partial charge on any atom is 0.245 e. The molecule has 3 aliphatic rings. The predicted molar refractivity (Wildman–Crippen MR) is 128 cm³/mol. The number of hydrogen-bond acceptors (Lipinski definition) is 6. The highest BCUT2D eigenvalue weighted by Crippen LogP contribution is 2.59. The standard InChI is InChI=1S/C27H30N2O6/c1-17(30)28-21(14-18-6-4-3-5-7-18)25(32)29-13-12-26-11-10-20(31)15-27(26,33)35-24-22(34-2)9-8-19(16-29)23(24)26/h3-11,20-21,31,33H,12-16H2,1-2H3,(H,28,30)/t20-,21-,26+,27-/m0/s1. The average Bonchev–Trinajstić information content (AvgIpc) is 2.97. The summed E-state index contributed by atoms with van der Waals surface area (Å²) in [6, 6.07) is 12.5. The van der Waals surface area contributed by atoms with E-state index in [0.717, 1.165) is 16.7 Å². The van der Waals surface area contributed by atoms with Crippen molar-refractivity contribution in [3.05, 3.63) is 71.3 Å². The minimum Gasteiger partial charge on any atom is -0.493 e. The molecule has 1 spiro atoms. The van der Waals surface area contributed by atoms with Crippen LogP contribution in [0.15, 0.2) is 54.6 Å². The molecule has 0 unspecified atom stereocenters. The van der Waals surface area contributed by atoms with E-state index in [4.69, 9.17) is 9.47 Å². The monoisotopic (exact) mass is 478 g/mol. The second-order valence-electron chi connectivity index (χ2n) is 9.57. The number of aliphatic hydroxyl groups is 2. The topological polar surface area (TPSA) is 108 Å². The SMILES string of the molecule is COc1ccc2c3c1O[C@@]1(O)C[C@@H](O)C=C[C@@]31CCN(C(=O)[C@H](Cc1ccccc1)NC(C)=O)C2. The highest BCUT2D eigenvalue weighted by Gasteiger charge is 2.62. The van der Waals surface area contributed by atoms with Gasteiger partial charge >= 0.3 is 0 Å². The summed E-state index contributed by atoms with van der Waals surface area (Å²) < 4.78 is 11.6. The number of carbonyl (C=O) groups is 2. The zero-order chi connectivity index (χ0) is 24.8. The van der Waals surface area contributed by atoms with E-state index in [9.17, 15) is 19.8 Å². The van der Waals surface area contributed by atoms with E-state index in [1.807, 2.05) is 42.5 Å². The number of aliphatic hydroxyl groups excluding tert-OH is 1. The Hall–Kier alpha value is -3.36. The van der Waals surface area contributed by atoms with Crippen LogP contribution >= 0.6 is 0 Å². The van der Waals surface area contributed by atoms with Crippen LogP contribution in [-0.2, 0) is 28.0 Å². The fraction of sp³-hybridized carbons (Fsp3) is 0.407. The van der Waals surface area contributed by atoms with Crippen LogP contribution in [0.25, 0.3) is 0 Å². The first-order valence-electron chi connectivity index (χ1n) is 11.9.